The van der Waals surface area contributed by atoms with Gasteiger partial charge in [0.05, 0.1) is 17.0 Å². The largest absolute Gasteiger partial charge is 0.416 e. The van der Waals surface area contributed by atoms with Crippen LogP contribution in [0.2, 0.25) is 0 Å². The molecule has 1 aliphatic rings. The highest BCUT2D eigenvalue weighted by Gasteiger charge is 2.31. The predicted octanol–water partition coefficient (Wildman–Crippen LogP) is 4.05. The lowest BCUT2D eigenvalue weighted by molar-refractivity contribution is -0.137. The maximum absolute atomic E-state index is 13.0. The first-order valence-corrected chi connectivity index (χ1v) is 11.6. The molecule has 0 unspecified atom stereocenters. The average Bonchev–Trinajstić information content (AvgIpc) is 2.76. The molecule has 1 heterocycles. The standard InChI is InChI=1S/C23H23F3N2O3S/c1-17-7-2-3-14-28(17)32(30,31)21-12-5-10-19(16-21)22(29)27-13-6-9-18-8-4-11-20(15-18)23(24,25)26/h4-5,8,10-12,15-17H,2-3,7,13-14H2,1H3,(H,27,29)/t17-/m0/s1. The molecule has 1 atom stereocenters. The Morgan fingerprint density at radius 2 is 1.91 bits per heavy atom. The Morgan fingerprint density at radius 1 is 1.16 bits per heavy atom. The molecule has 0 radical (unpaired) electrons. The Labute approximate surface area is 185 Å². The Bertz CT molecular complexity index is 1150. The number of piperidine rings is 1. The highest BCUT2D eigenvalue weighted by atomic mass is 32.2. The van der Waals surface area contributed by atoms with E-state index in [1.807, 2.05) is 6.92 Å². The number of sulfonamides is 1. The van der Waals surface area contributed by atoms with E-state index in [0.717, 1.165) is 31.4 Å². The number of rotatable bonds is 4. The summed E-state index contributed by atoms with van der Waals surface area (Å²) >= 11 is 0. The van der Waals surface area contributed by atoms with Gasteiger partial charge in [0.1, 0.15) is 0 Å². The van der Waals surface area contributed by atoms with Gasteiger partial charge in [-0.15, -0.1) is 0 Å². The van der Waals surface area contributed by atoms with E-state index in [0.29, 0.717) is 6.54 Å². The van der Waals surface area contributed by atoms with Crippen molar-refractivity contribution in [2.45, 2.75) is 43.3 Å². The molecule has 170 valence electrons. The summed E-state index contributed by atoms with van der Waals surface area (Å²) in [6.07, 6.45) is -1.88. The van der Waals surface area contributed by atoms with E-state index in [2.05, 4.69) is 17.2 Å². The number of hydrogen-bond acceptors (Lipinski definition) is 3. The fourth-order valence-corrected chi connectivity index (χ4v) is 5.25. The molecule has 0 bridgehead atoms. The normalized spacial score (nSPS) is 17.3. The number of halogens is 3. The minimum absolute atomic E-state index is 0.0500. The third kappa shape index (κ3) is 5.69. The highest BCUT2D eigenvalue weighted by Crippen LogP contribution is 2.29. The first-order valence-electron chi connectivity index (χ1n) is 10.2. The summed E-state index contributed by atoms with van der Waals surface area (Å²) in [5.41, 5.74) is -0.455. The summed E-state index contributed by atoms with van der Waals surface area (Å²) in [5.74, 6) is 4.67. The zero-order valence-corrected chi connectivity index (χ0v) is 18.3. The van der Waals surface area contributed by atoms with Gasteiger partial charge in [-0.2, -0.15) is 17.5 Å². The molecule has 5 nitrogen and oxygen atoms in total. The molecule has 1 aliphatic heterocycles. The van der Waals surface area contributed by atoms with Crippen LogP contribution in [0.3, 0.4) is 0 Å². The highest BCUT2D eigenvalue weighted by molar-refractivity contribution is 7.89. The molecule has 0 aliphatic carbocycles. The molecular weight excluding hydrogens is 441 g/mol. The van der Waals surface area contributed by atoms with Crippen molar-refractivity contribution in [2.75, 3.05) is 13.1 Å². The van der Waals surface area contributed by atoms with Crippen molar-refractivity contribution >= 4 is 15.9 Å². The van der Waals surface area contributed by atoms with E-state index < -0.39 is 27.7 Å². The second-order valence-corrected chi connectivity index (χ2v) is 9.44. The lowest BCUT2D eigenvalue weighted by atomic mass is 10.1. The van der Waals surface area contributed by atoms with E-state index >= 15 is 0 Å². The van der Waals surface area contributed by atoms with Gasteiger partial charge in [-0.3, -0.25) is 4.79 Å². The second kappa shape index (κ2) is 9.76. The van der Waals surface area contributed by atoms with Crippen LogP contribution in [0.5, 0.6) is 0 Å². The molecule has 1 saturated heterocycles. The number of benzene rings is 2. The molecule has 0 aromatic heterocycles. The lowest BCUT2D eigenvalue weighted by Gasteiger charge is -2.32. The SMILES string of the molecule is C[C@H]1CCCCN1S(=O)(=O)c1cccc(C(=O)NCC#Cc2cccc(C(F)(F)F)c2)c1. The number of nitrogens with zero attached hydrogens (tertiary/aromatic N) is 1. The summed E-state index contributed by atoms with van der Waals surface area (Å²) in [4.78, 5) is 12.5. The first kappa shape index (κ1) is 23.8. The fourth-order valence-electron chi connectivity index (χ4n) is 3.51. The van der Waals surface area contributed by atoms with Crippen LogP contribution >= 0.6 is 0 Å². The maximum atomic E-state index is 13.0. The van der Waals surface area contributed by atoms with Gasteiger partial charge in [0.25, 0.3) is 5.91 Å². The van der Waals surface area contributed by atoms with Crippen LogP contribution in [0.1, 0.15) is 47.7 Å². The fraction of sp³-hybridized carbons (Fsp3) is 0.348. The van der Waals surface area contributed by atoms with Crippen molar-refractivity contribution in [1.82, 2.24) is 9.62 Å². The predicted molar refractivity (Wildman–Crippen MR) is 114 cm³/mol. The minimum atomic E-state index is -4.46. The van der Waals surface area contributed by atoms with Crippen molar-refractivity contribution in [2.24, 2.45) is 0 Å². The minimum Gasteiger partial charge on any atom is -0.341 e. The molecule has 2 aromatic carbocycles. The van der Waals surface area contributed by atoms with Crippen molar-refractivity contribution in [3.8, 4) is 11.8 Å². The van der Waals surface area contributed by atoms with Crippen LogP contribution in [0.15, 0.2) is 53.4 Å². The van der Waals surface area contributed by atoms with Crippen molar-refractivity contribution < 1.29 is 26.4 Å². The Kier molecular flexibility index (Phi) is 7.26. The van der Waals surface area contributed by atoms with Crippen LogP contribution < -0.4 is 5.32 Å². The number of alkyl halides is 3. The number of carbonyl (C=O) groups is 1. The molecule has 0 saturated carbocycles. The average molecular weight is 465 g/mol. The topological polar surface area (TPSA) is 66.5 Å². The number of amides is 1. The zero-order chi connectivity index (χ0) is 23.4. The van der Waals surface area contributed by atoms with Gasteiger partial charge in [-0.05, 0) is 56.2 Å². The first-order chi connectivity index (χ1) is 15.1. The smallest absolute Gasteiger partial charge is 0.341 e. The van der Waals surface area contributed by atoms with Crippen LogP contribution in [0, 0.1) is 11.8 Å². The summed E-state index contributed by atoms with van der Waals surface area (Å²) in [7, 11) is -3.71. The van der Waals surface area contributed by atoms with Crippen LogP contribution in [-0.2, 0) is 16.2 Å². The quantitative estimate of drug-likeness (QED) is 0.695. The van der Waals surface area contributed by atoms with Gasteiger partial charge in [0.2, 0.25) is 10.0 Å². The molecule has 1 fully saturated rings. The summed E-state index contributed by atoms with van der Waals surface area (Å²) in [5, 5.41) is 2.54. The number of carbonyl (C=O) groups excluding carboxylic acids is 1. The molecule has 2 aromatic rings. The molecular formula is C23H23F3N2O3S. The van der Waals surface area contributed by atoms with Crippen molar-refractivity contribution in [3.63, 3.8) is 0 Å². The zero-order valence-electron chi connectivity index (χ0n) is 17.4. The number of hydrogen-bond donors (Lipinski definition) is 1. The van der Waals surface area contributed by atoms with E-state index in [9.17, 15) is 26.4 Å². The maximum Gasteiger partial charge on any atom is 0.416 e. The molecule has 1 amide bonds. The Hall–Kier alpha value is -2.83. The lowest BCUT2D eigenvalue weighted by Crippen LogP contribution is -2.42. The van der Waals surface area contributed by atoms with E-state index in [1.165, 1.54) is 40.7 Å². The van der Waals surface area contributed by atoms with Crippen LogP contribution in [0.4, 0.5) is 13.2 Å². The van der Waals surface area contributed by atoms with Crippen molar-refractivity contribution in [3.05, 3.63) is 65.2 Å². The molecule has 32 heavy (non-hydrogen) atoms. The third-order valence-corrected chi connectivity index (χ3v) is 7.21. The summed E-state index contributed by atoms with van der Waals surface area (Å²) in [6.45, 7) is 2.22. The van der Waals surface area contributed by atoms with Crippen LogP contribution in [0.25, 0.3) is 0 Å². The van der Waals surface area contributed by atoms with Gasteiger partial charge >= 0.3 is 6.18 Å². The van der Waals surface area contributed by atoms with Gasteiger partial charge in [-0.1, -0.05) is 30.4 Å². The summed E-state index contributed by atoms with van der Waals surface area (Å²) < 4.78 is 65.7. The van der Waals surface area contributed by atoms with Crippen LogP contribution in [-0.4, -0.2) is 37.8 Å². The summed E-state index contributed by atoms with van der Waals surface area (Å²) in [6, 6.07) is 10.3. The monoisotopic (exact) mass is 464 g/mol. The number of nitrogens with one attached hydrogen (secondary N) is 1. The van der Waals surface area contributed by atoms with E-state index in [-0.39, 0.29) is 28.6 Å². The second-order valence-electron chi connectivity index (χ2n) is 7.55. The van der Waals surface area contributed by atoms with Crippen molar-refractivity contribution in [1.29, 1.82) is 0 Å². The third-order valence-electron chi connectivity index (χ3n) is 5.20. The Balaban J connectivity index is 1.67. The van der Waals surface area contributed by atoms with E-state index in [1.54, 1.807) is 0 Å². The van der Waals surface area contributed by atoms with Gasteiger partial charge in [-0.25, -0.2) is 8.42 Å². The van der Waals surface area contributed by atoms with Gasteiger partial charge in [0, 0.05) is 23.7 Å². The Morgan fingerprint density at radius 3 is 2.62 bits per heavy atom. The molecule has 0 spiro atoms. The molecule has 9 heteroatoms. The van der Waals surface area contributed by atoms with Gasteiger partial charge < -0.3 is 5.32 Å². The molecule has 1 N–H and O–H groups in total. The van der Waals surface area contributed by atoms with E-state index in [4.69, 9.17) is 0 Å². The van der Waals surface area contributed by atoms with Gasteiger partial charge in [0.15, 0.2) is 0 Å². The molecule has 3 rings (SSSR count).